The lowest BCUT2D eigenvalue weighted by molar-refractivity contribution is 0.203. The molecule has 6 nitrogen and oxygen atoms in total. The molecule has 2 N–H and O–H groups in total. The van der Waals surface area contributed by atoms with Gasteiger partial charge in [0.05, 0.1) is 0 Å². The monoisotopic (exact) mass is 314 g/mol. The fraction of sp³-hybridized carbons (Fsp3) is 0.786. The number of sulfonamides is 1. The molecule has 1 saturated heterocycles. The quantitative estimate of drug-likeness (QED) is 0.885. The van der Waals surface area contributed by atoms with Crippen LogP contribution in [0.5, 0.6) is 0 Å². The zero-order chi connectivity index (χ0) is 15.6. The molecule has 1 fully saturated rings. The average molecular weight is 314 g/mol. The number of hydrogen-bond acceptors (Lipinski definition) is 4. The molecule has 2 unspecified atom stereocenters. The Bertz CT molecular complexity index is 582. The molecular weight excluding hydrogens is 288 g/mol. The van der Waals surface area contributed by atoms with E-state index in [1.54, 1.807) is 10.5 Å². The molecule has 1 aromatic rings. The van der Waals surface area contributed by atoms with Crippen molar-refractivity contribution in [3.63, 3.8) is 0 Å². The van der Waals surface area contributed by atoms with Gasteiger partial charge in [-0.3, -0.25) is 0 Å². The molecule has 2 heterocycles. The van der Waals surface area contributed by atoms with E-state index in [2.05, 4.69) is 18.8 Å². The first kappa shape index (κ1) is 16.5. The summed E-state index contributed by atoms with van der Waals surface area (Å²) in [5.74, 6) is 1.45. The molecule has 0 spiro atoms. The van der Waals surface area contributed by atoms with Gasteiger partial charge in [-0.15, -0.1) is 0 Å². The second kappa shape index (κ2) is 6.46. The van der Waals surface area contributed by atoms with Crippen LogP contribution in [0.15, 0.2) is 11.2 Å². The van der Waals surface area contributed by atoms with Crippen molar-refractivity contribution in [2.75, 3.05) is 19.6 Å². The molecule has 21 heavy (non-hydrogen) atoms. The molecule has 0 bridgehead atoms. The van der Waals surface area contributed by atoms with Crippen LogP contribution in [0.25, 0.3) is 0 Å². The summed E-state index contributed by atoms with van der Waals surface area (Å²) in [5.41, 5.74) is 5.76. The van der Waals surface area contributed by atoms with Gasteiger partial charge in [-0.1, -0.05) is 13.8 Å². The number of nitrogens with zero attached hydrogens (tertiary/aromatic N) is 3. The molecule has 0 radical (unpaired) electrons. The zero-order valence-electron chi connectivity index (χ0n) is 13.1. The Labute approximate surface area is 127 Å². The van der Waals surface area contributed by atoms with Gasteiger partial charge in [0.15, 0.2) is 5.03 Å². The van der Waals surface area contributed by atoms with Gasteiger partial charge in [-0.05, 0) is 38.1 Å². The molecule has 2 atom stereocenters. The molecule has 0 aliphatic carbocycles. The molecular formula is C14H26N4O2S. The lowest BCUT2D eigenvalue weighted by atomic mass is 9.88. The highest BCUT2D eigenvalue weighted by Gasteiger charge is 2.34. The lowest BCUT2D eigenvalue weighted by Crippen LogP contribution is -2.45. The second-order valence-corrected chi connectivity index (χ2v) is 7.83. The number of imidazole rings is 1. The van der Waals surface area contributed by atoms with E-state index in [4.69, 9.17) is 5.73 Å². The summed E-state index contributed by atoms with van der Waals surface area (Å²) in [6.07, 6.45) is 3.46. The first-order valence-electron chi connectivity index (χ1n) is 7.64. The Hall–Kier alpha value is -0.920. The normalized spacial score (nSPS) is 24.4. The van der Waals surface area contributed by atoms with Crippen LogP contribution in [0.2, 0.25) is 0 Å². The number of rotatable bonds is 5. The highest BCUT2D eigenvalue weighted by molar-refractivity contribution is 7.89. The fourth-order valence-electron chi connectivity index (χ4n) is 2.84. The summed E-state index contributed by atoms with van der Waals surface area (Å²) in [7, 11) is -3.50. The average Bonchev–Trinajstić information content (AvgIpc) is 2.82. The molecule has 120 valence electrons. The lowest BCUT2D eigenvalue weighted by Gasteiger charge is -2.35. The minimum absolute atomic E-state index is 0.166. The van der Waals surface area contributed by atoms with Crippen LogP contribution in [0.3, 0.4) is 0 Å². The molecule has 7 heteroatoms. The third kappa shape index (κ3) is 3.30. The van der Waals surface area contributed by atoms with Crippen LogP contribution >= 0.6 is 0 Å². The summed E-state index contributed by atoms with van der Waals surface area (Å²) in [5, 5.41) is 0.166. The largest absolute Gasteiger partial charge is 0.334 e. The maximum atomic E-state index is 12.7. The minimum Gasteiger partial charge on any atom is -0.334 e. The van der Waals surface area contributed by atoms with Gasteiger partial charge in [0.1, 0.15) is 5.82 Å². The summed E-state index contributed by atoms with van der Waals surface area (Å²) < 4.78 is 28.9. The van der Waals surface area contributed by atoms with Crippen LogP contribution in [-0.4, -0.2) is 41.9 Å². The van der Waals surface area contributed by atoms with Gasteiger partial charge in [-0.2, -0.15) is 4.31 Å². The minimum atomic E-state index is -3.50. The molecule has 1 aromatic heterocycles. The van der Waals surface area contributed by atoms with Gasteiger partial charge < -0.3 is 10.3 Å². The topological polar surface area (TPSA) is 81.2 Å². The molecule has 1 aliphatic rings. The third-order valence-corrected chi connectivity index (χ3v) is 6.14. The van der Waals surface area contributed by atoms with E-state index >= 15 is 0 Å². The Kier molecular flexibility index (Phi) is 5.06. The maximum absolute atomic E-state index is 12.7. The maximum Gasteiger partial charge on any atom is 0.262 e. The van der Waals surface area contributed by atoms with Gasteiger partial charge in [-0.25, -0.2) is 13.4 Å². The number of hydrogen-bond donors (Lipinski definition) is 1. The molecule has 1 aliphatic heterocycles. The van der Waals surface area contributed by atoms with Gasteiger partial charge in [0, 0.05) is 25.8 Å². The summed E-state index contributed by atoms with van der Waals surface area (Å²) >= 11 is 0. The summed E-state index contributed by atoms with van der Waals surface area (Å²) in [4.78, 5) is 4.25. The summed E-state index contributed by atoms with van der Waals surface area (Å²) in [6, 6.07) is 0. The Morgan fingerprint density at radius 3 is 2.81 bits per heavy atom. The van der Waals surface area contributed by atoms with E-state index in [0.717, 1.165) is 25.2 Å². The van der Waals surface area contributed by atoms with Crippen LogP contribution in [0, 0.1) is 18.8 Å². The second-order valence-electron chi connectivity index (χ2n) is 5.94. The zero-order valence-corrected chi connectivity index (χ0v) is 13.9. The highest BCUT2D eigenvalue weighted by atomic mass is 32.2. The predicted molar refractivity (Wildman–Crippen MR) is 82.3 cm³/mol. The van der Waals surface area contributed by atoms with Crippen molar-refractivity contribution in [3.05, 3.63) is 12.0 Å². The van der Waals surface area contributed by atoms with E-state index in [0.29, 0.717) is 25.6 Å². The van der Waals surface area contributed by atoms with Gasteiger partial charge in [0.2, 0.25) is 0 Å². The van der Waals surface area contributed by atoms with E-state index in [9.17, 15) is 8.42 Å². The van der Waals surface area contributed by atoms with Crippen molar-refractivity contribution in [1.29, 1.82) is 0 Å². The van der Waals surface area contributed by atoms with Crippen molar-refractivity contribution in [2.24, 2.45) is 17.6 Å². The van der Waals surface area contributed by atoms with Crippen molar-refractivity contribution in [2.45, 2.75) is 45.2 Å². The van der Waals surface area contributed by atoms with Crippen molar-refractivity contribution in [3.8, 4) is 0 Å². The van der Waals surface area contributed by atoms with E-state index in [-0.39, 0.29) is 10.9 Å². The van der Waals surface area contributed by atoms with Crippen molar-refractivity contribution >= 4 is 10.0 Å². The fourth-order valence-corrected chi connectivity index (χ4v) is 4.35. The summed E-state index contributed by atoms with van der Waals surface area (Å²) in [6.45, 7) is 8.41. The van der Waals surface area contributed by atoms with Crippen LogP contribution in [0.1, 0.15) is 32.5 Å². The number of aromatic nitrogens is 2. The molecule has 0 amide bonds. The first-order chi connectivity index (χ1) is 9.90. The Morgan fingerprint density at radius 1 is 1.48 bits per heavy atom. The van der Waals surface area contributed by atoms with E-state index in [1.807, 2.05) is 11.5 Å². The first-order valence-corrected chi connectivity index (χ1v) is 9.08. The van der Waals surface area contributed by atoms with Gasteiger partial charge >= 0.3 is 0 Å². The number of nitrogens with two attached hydrogens (primary N) is 1. The SMILES string of the molecule is CCCn1cc(S(=O)(=O)N2CCC(C)C(CN)C2)nc1C. The van der Waals surface area contributed by atoms with Crippen molar-refractivity contribution < 1.29 is 8.42 Å². The third-order valence-electron chi connectivity index (χ3n) is 4.40. The predicted octanol–water partition coefficient (Wildman–Crippen LogP) is 1.21. The number of aryl methyl sites for hydroxylation is 2. The van der Waals surface area contributed by atoms with E-state index in [1.165, 1.54) is 0 Å². The number of piperidine rings is 1. The molecule has 0 saturated carbocycles. The molecule has 2 rings (SSSR count). The Morgan fingerprint density at radius 2 is 2.19 bits per heavy atom. The van der Waals surface area contributed by atoms with Crippen LogP contribution in [0.4, 0.5) is 0 Å². The van der Waals surface area contributed by atoms with Crippen LogP contribution in [-0.2, 0) is 16.6 Å². The molecule has 0 aromatic carbocycles. The van der Waals surface area contributed by atoms with Crippen LogP contribution < -0.4 is 5.73 Å². The van der Waals surface area contributed by atoms with Gasteiger partial charge in [0.25, 0.3) is 10.0 Å². The van der Waals surface area contributed by atoms with Crippen molar-refractivity contribution in [1.82, 2.24) is 13.9 Å². The smallest absolute Gasteiger partial charge is 0.262 e. The standard InChI is InChI=1S/C14H26N4O2S/c1-4-6-17-10-14(16-12(17)3)21(19,20)18-7-5-11(2)13(8-15)9-18/h10-11,13H,4-9,15H2,1-3H3. The highest BCUT2D eigenvalue weighted by Crippen LogP contribution is 2.26. The van der Waals surface area contributed by atoms with E-state index < -0.39 is 10.0 Å². The Balaban J connectivity index is 2.23.